The molecule has 0 bridgehead atoms. The van der Waals surface area contributed by atoms with Gasteiger partial charge in [0.05, 0.1) is 40.3 Å². The predicted molar refractivity (Wildman–Crippen MR) is 161 cm³/mol. The van der Waals surface area contributed by atoms with E-state index in [4.69, 9.17) is 9.47 Å². The Morgan fingerprint density at radius 2 is 1.27 bits per heavy atom. The van der Waals surface area contributed by atoms with Crippen molar-refractivity contribution < 1.29 is 28.0 Å². The first-order valence-corrected chi connectivity index (χ1v) is 17.4. The number of hydrogen-bond donors (Lipinski definition) is 0. The van der Waals surface area contributed by atoms with Gasteiger partial charge in [-0.1, -0.05) is 13.8 Å². The number of carbonyl (C=O) groups is 2. The van der Waals surface area contributed by atoms with Gasteiger partial charge >= 0.3 is 11.9 Å². The summed E-state index contributed by atoms with van der Waals surface area (Å²) in [5.74, 6) is 2.52. The average molecular weight is 573 g/mol. The summed E-state index contributed by atoms with van der Waals surface area (Å²) in [7, 11) is 4.94. The molecule has 10 atom stereocenters. The van der Waals surface area contributed by atoms with Crippen LogP contribution in [0.25, 0.3) is 0 Å². The van der Waals surface area contributed by atoms with Gasteiger partial charge in [-0.3, -0.25) is 9.59 Å². The van der Waals surface area contributed by atoms with Gasteiger partial charge in [-0.25, -0.2) is 0 Å². The first-order valence-electron chi connectivity index (χ1n) is 17.4. The Morgan fingerprint density at radius 1 is 0.683 bits per heavy atom. The Bertz CT molecular complexity index is 1000. The van der Waals surface area contributed by atoms with E-state index in [-0.39, 0.29) is 29.6 Å². The summed E-state index contributed by atoms with van der Waals surface area (Å²) < 4.78 is 14.7. The minimum atomic E-state index is -0.0998. The molecule has 0 amide bonds. The zero-order valence-electron chi connectivity index (χ0n) is 27.2. The maximum Gasteiger partial charge on any atom is 0.303 e. The van der Waals surface area contributed by atoms with Crippen LogP contribution < -0.4 is 0 Å². The normalized spacial score (nSPS) is 46.9. The maximum absolute atomic E-state index is 12.5. The highest BCUT2D eigenvalue weighted by atomic mass is 16.5. The highest BCUT2D eigenvalue weighted by molar-refractivity contribution is 5.66. The molecule has 2 saturated heterocycles. The first-order chi connectivity index (χ1) is 19.4. The zero-order valence-corrected chi connectivity index (χ0v) is 27.2. The molecule has 0 aromatic heterocycles. The maximum atomic E-state index is 12.5. The summed E-state index contributed by atoms with van der Waals surface area (Å²) in [6.45, 7) is 13.3. The molecule has 0 aromatic rings. The third-order valence-corrected chi connectivity index (χ3v) is 14.5. The van der Waals surface area contributed by atoms with Gasteiger partial charge in [0.15, 0.2) is 12.2 Å². The molecule has 2 aliphatic heterocycles. The summed E-state index contributed by atoms with van der Waals surface area (Å²) in [6, 6.07) is 0.846. The van der Waals surface area contributed by atoms with Crippen LogP contribution in [0.15, 0.2) is 0 Å². The average Bonchev–Trinajstić information content (AvgIpc) is 3.21. The number of likely N-dealkylation sites (tertiary alicyclic amines) is 2. The number of ether oxygens (including phenoxy) is 2. The fourth-order valence-electron chi connectivity index (χ4n) is 12.3. The molecule has 41 heavy (non-hydrogen) atoms. The van der Waals surface area contributed by atoms with Crippen LogP contribution in [-0.2, 0) is 19.1 Å². The fraction of sp³-hybridized carbons (Fsp3) is 0.943. The van der Waals surface area contributed by atoms with Gasteiger partial charge in [-0.2, -0.15) is 0 Å². The highest BCUT2D eigenvalue weighted by Gasteiger charge is 2.68. The molecule has 0 aromatic carbocycles. The van der Waals surface area contributed by atoms with Gasteiger partial charge in [-0.05, 0) is 99.7 Å². The van der Waals surface area contributed by atoms with Crippen LogP contribution in [0.4, 0.5) is 0 Å². The lowest BCUT2D eigenvalue weighted by molar-refractivity contribution is -0.943. The fourth-order valence-corrected chi connectivity index (χ4v) is 12.3. The third-order valence-electron chi connectivity index (χ3n) is 14.5. The van der Waals surface area contributed by atoms with Crippen molar-refractivity contribution in [2.45, 2.75) is 135 Å². The third kappa shape index (κ3) is 4.99. The van der Waals surface area contributed by atoms with Crippen LogP contribution in [0.2, 0.25) is 0 Å². The lowest BCUT2D eigenvalue weighted by Gasteiger charge is -2.63. The molecule has 6 nitrogen and oxygen atoms in total. The molecular weight excluding hydrogens is 512 g/mol. The van der Waals surface area contributed by atoms with Gasteiger partial charge in [0, 0.05) is 32.1 Å². The van der Waals surface area contributed by atoms with Crippen molar-refractivity contribution in [3.8, 4) is 0 Å². The smallest absolute Gasteiger partial charge is 0.303 e. The van der Waals surface area contributed by atoms with Crippen LogP contribution in [0, 0.1) is 34.5 Å². The van der Waals surface area contributed by atoms with Crippen molar-refractivity contribution in [1.82, 2.24) is 0 Å². The lowest BCUT2D eigenvalue weighted by Crippen LogP contribution is -2.66. The van der Waals surface area contributed by atoms with Crippen molar-refractivity contribution in [3.63, 3.8) is 0 Å². The van der Waals surface area contributed by atoms with Crippen molar-refractivity contribution >= 4 is 11.9 Å². The molecule has 232 valence electrons. The Balaban J connectivity index is 1.31. The van der Waals surface area contributed by atoms with Gasteiger partial charge in [0.25, 0.3) is 0 Å². The number of esters is 2. The molecule has 6 fully saturated rings. The number of nitrogens with zero attached hydrogens (tertiary/aromatic N) is 2. The summed E-state index contributed by atoms with van der Waals surface area (Å²) in [6.07, 6.45) is 16.4. The molecule has 6 aliphatic rings. The van der Waals surface area contributed by atoms with Crippen LogP contribution in [0.1, 0.15) is 111 Å². The van der Waals surface area contributed by atoms with Crippen molar-refractivity contribution in [3.05, 3.63) is 0 Å². The minimum Gasteiger partial charge on any atom is -0.456 e. The minimum absolute atomic E-state index is 0.0462. The van der Waals surface area contributed by atoms with E-state index in [0.717, 1.165) is 21.3 Å². The summed E-state index contributed by atoms with van der Waals surface area (Å²) in [5.41, 5.74) is 0.377. The number of rotatable bonds is 4. The molecule has 0 radical (unpaired) electrons. The van der Waals surface area contributed by atoms with E-state index in [2.05, 4.69) is 27.9 Å². The summed E-state index contributed by atoms with van der Waals surface area (Å²) in [5, 5.41) is 0. The molecule has 6 rings (SSSR count). The summed E-state index contributed by atoms with van der Waals surface area (Å²) >= 11 is 0. The molecule has 0 N–H and O–H groups in total. The van der Waals surface area contributed by atoms with E-state index in [1.165, 1.54) is 103 Å². The van der Waals surface area contributed by atoms with E-state index in [0.29, 0.717) is 35.3 Å². The second kappa shape index (κ2) is 10.8. The van der Waals surface area contributed by atoms with E-state index in [1.807, 2.05) is 0 Å². The quantitative estimate of drug-likeness (QED) is 0.301. The molecule has 4 aliphatic carbocycles. The summed E-state index contributed by atoms with van der Waals surface area (Å²) in [4.78, 5) is 24.8. The largest absolute Gasteiger partial charge is 0.456 e. The standard InChI is InChI=1S/C35H60N2O4/c1-24(38)40-32-21-26-13-14-27-28(35(26,4)23-31(32)37(6)19-11-8-12-20-37)15-16-34(3)29(27)22-30(33(34)41-25(2)39)36(5)17-9-7-10-18-36/h26-33H,7-23H2,1-6H3/q+2/t26-,27+,28-,29-,30+,31+,32-,33+,34-,35+/m0/s1. The van der Waals surface area contributed by atoms with Gasteiger partial charge in [-0.15, -0.1) is 0 Å². The highest BCUT2D eigenvalue weighted by Crippen LogP contribution is 2.68. The monoisotopic (exact) mass is 572 g/mol. The van der Waals surface area contributed by atoms with Crippen molar-refractivity contribution in [2.24, 2.45) is 34.5 Å². The molecule has 0 spiro atoms. The van der Waals surface area contributed by atoms with Gasteiger partial charge in [0.1, 0.15) is 12.1 Å². The molecular formula is C35H60N2O4+2. The van der Waals surface area contributed by atoms with Crippen molar-refractivity contribution in [2.75, 3.05) is 40.3 Å². The number of piperidine rings is 2. The number of quaternary nitrogens is 2. The van der Waals surface area contributed by atoms with Crippen LogP contribution in [0.3, 0.4) is 0 Å². The molecule has 4 saturated carbocycles. The zero-order chi connectivity index (χ0) is 29.2. The Labute approximate surface area is 250 Å². The van der Waals surface area contributed by atoms with E-state index >= 15 is 0 Å². The second-order valence-corrected chi connectivity index (χ2v) is 16.7. The Hall–Kier alpha value is -1.14. The van der Waals surface area contributed by atoms with Crippen LogP contribution in [0.5, 0.6) is 0 Å². The first kappa shape index (κ1) is 29.9. The Kier molecular flexibility index (Phi) is 7.87. The van der Waals surface area contributed by atoms with Gasteiger partial charge in [0.2, 0.25) is 0 Å². The van der Waals surface area contributed by atoms with E-state index in [9.17, 15) is 9.59 Å². The SMILES string of the molecule is CC(=O)O[C@H]1C[C@@H]2CC[C@@H]3[C@H](CC[C@]4(C)[C@H](OC(C)=O)[C@H]([N+]5(C)CCCCC5)C[C@@H]34)[C@]2(C)C[C@H]1[N+]1(C)CCCCC1. The predicted octanol–water partition coefficient (Wildman–Crippen LogP) is 6.11. The van der Waals surface area contributed by atoms with E-state index in [1.54, 1.807) is 13.8 Å². The van der Waals surface area contributed by atoms with Crippen molar-refractivity contribution in [1.29, 1.82) is 0 Å². The van der Waals surface area contributed by atoms with Crippen LogP contribution in [-0.4, -0.2) is 85.5 Å². The van der Waals surface area contributed by atoms with Gasteiger partial charge < -0.3 is 18.4 Å². The number of carbonyl (C=O) groups excluding carboxylic acids is 2. The molecule has 0 unspecified atom stereocenters. The topological polar surface area (TPSA) is 52.6 Å². The molecule has 6 heteroatoms. The Morgan fingerprint density at radius 3 is 1.85 bits per heavy atom. The van der Waals surface area contributed by atoms with E-state index < -0.39 is 0 Å². The number of likely N-dealkylation sites (N-methyl/N-ethyl adjacent to an activating group) is 2. The van der Waals surface area contributed by atoms with Crippen LogP contribution >= 0.6 is 0 Å². The number of fused-ring (bicyclic) bond motifs is 5. The number of hydrogen-bond acceptors (Lipinski definition) is 4. The second-order valence-electron chi connectivity index (χ2n) is 16.7. The lowest BCUT2D eigenvalue weighted by atomic mass is 9.44. The molecule has 2 heterocycles.